The molecule has 2 amide bonds. The van der Waals surface area contributed by atoms with Crippen LogP contribution < -0.4 is 11.1 Å². The lowest BCUT2D eigenvalue weighted by Gasteiger charge is -2.33. The van der Waals surface area contributed by atoms with Gasteiger partial charge in [-0.05, 0) is 31.0 Å². The van der Waals surface area contributed by atoms with E-state index in [-0.39, 0.29) is 17.9 Å². The number of hydrogen-bond donors (Lipinski definition) is 2. The Labute approximate surface area is 123 Å². The minimum atomic E-state index is -0.103. The van der Waals surface area contributed by atoms with Crippen molar-refractivity contribution in [2.24, 2.45) is 0 Å². The Morgan fingerprint density at radius 2 is 2.15 bits per heavy atom. The Bertz CT molecular complexity index is 513. The summed E-state index contributed by atoms with van der Waals surface area (Å²) in [5.74, 6) is -0.175. The van der Waals surface area contributed by atoms with E-state index in [2.05, 4.69) is 5.32 Å². The van der Waals surface area contributed by atoms with Crippen molar-refractivity contribution in [1.29, 1.82) is 0 Å². The van der Waals surface area contributed by atoms with Crippen LogP contribution in [0.25, 0.3) is 0 Å². The van der Waals surface area contributed by atoms with Crippen LogP contribution in [0.3, 0.4) is 0 Å². The van der Waals surface area contributed by atoms with Gasteiger partial charge in [-0.15, -0.1) is 0 Å². The number of nitrogen functional groups attached to an aromatic ring is 1. The molecule has 1 aliphatic heterocycles. The van der Waals surface area contributed by atoms with Gasteiger partial charge in [0.15, 0.2) is 0 Å². The predicted octanol–water partition coefficient (Wildman–Crippen LogP) is 1.66. The van der Waals surface area contributed by atoms with Gasteiger partial charge in [0, 0.05) is 42.3 Å². The molecule has 1 atom stereocenters. The molecule has 1 unspecified atom stereocenters. The van der Waals surface area contributed by atoms with Crippen molar-refractivity contribution in [3.63, 3.8) is 0 Å². The molecule has 1 heterocycles. The molecule has 0 aromatic heterocycles. The molecule has 1 aromatic rings. The van der Waals surface area contributed by atoms with Crippen molar-refractivity contribution in [2.75, 3.05) is 18.8 Å². The van der Waals surface area contributed by atoms with Gasteiger partial charge in [0.25, 0.3) is 5.91 Å². The lowest BCUT2D eigenvalue weighted by atomic mass is 10.0. The first-order valence-corrected chi connectivity index (χ1v) is 6.96. The van der Waals surface area contributed by atoms with Crippen LogP contribution in [0.15, 0.2) is 18.2 Å². The third-order valence-corrected chi connectivity index (χ3v) is 3.50. The molecule has 0 saturated carbocycles. The number of likely N-dealkylation sites (tertiary alicyclic amines) is 1. The molecular formula is C14H18ClN3O2. The van der Waals surface area contributed by atoms with E-state index in [1.54, 1.807) is 23.1 Å². The zero-order valence-corrected chi connectivity index (χ0v) is 12.1. The van der Waals surface area contributed by atoms with Gasteiger partial charge in [-0.3, -0.25) is 9.59 Å². The fraction of sp³-hybridized carbons (Fsp3) is 0.429. The minimum Gasteiger partial charge on any atom is -0.399 e. The largest absolute Gasteiger partial charge is 0.399 e. The number of nitrogens with one attached hydrogen (secondary N) is 1. The van der Waals surface area contributed by atoms with Crippen molar-refractivity contribution in [2.45, 2.75) is 25.8 Å². The summed E-state index contributed by atoms with van der Waals surface area (Å²) in [6.07, 6.45) is 1.76. The topological polar surface area (TPSA) is 75.4 Å². The number of rotatable bonds is 2. The molecular weight excluding hydrogens is 278 g/mol. The van der Waals surface area contributed by atoms with Crippen LogP contribution in [0.5, 0.6) is 0 Å². The molecule has 20 heavy (non-hydrogen) atoms. The van der Waals surface area contributed by atoms with Gasteiger partial charge in [0.1, 0.15) is 0 Å². The lowest BCUT2D eigenvalue weighted by molar-refractivity contribution is -0.120. The molecule has 2 rings (SSSR count). The molecule has 1 saturated heterocycles. The summed E-state index contributed by atoms with van der Waals surface area (Å²) < 4.78 is 0. The van der Waals surface area contributed by atoms with Crippen LogP contribution in [0.4, 0.5) is 5.69 Å². The molecule has 0 bridgehead atoms. The number of nitrogens with two attached hydrogens (primary N) is 1. The van der Waals surface area contributed by atoms with Crippen LogP contribution in [0.2, 0.25) is 5.02 Å². The van der Waals surface area contributed by atoms with Crippen LogP contribution >= 0.6 is 11.6 Å². The standard InChI is InChI=1S/C14H18ClN3O2/c1-9(19)17-13-3-2-4-18(8-13)14(20)10-5-11(15)7-12(16)6-10/h5-7,13H,2-4,8,16H2,1H3,(H,17,19). The van der Waals surface area contributed by atoms with E-state index in [0.29, 0.717) is 29.4 Å². The number of anilines is 1. The summed E-state index contributed by atoms with van der Waals surface area (Å²) >= 11 is 5.92. The van der Waals surface area contributed by atoms with Gasteiger partial charge in [0.05, 0.1) is 0 Å². The summed E-state index contributed by atoms with van der Waals surface area (Å²) in [4.78, 5) is 25.3. The van der Waals surface area contributed by atoms with Crippen molar-refractivity contribution in [3.8, 4) is 0 Å². The number of halogens is 1. The number of nitrogens with zero attached hydrogens (tertiary/aromatic N) is 1. The number of carbonyl (C=O) groups is 2. The molecule has 1 fully saturated rings. The Morgan fingerprint density at radius 1 is 1.40 bits per heavy atom. The number of benzene rings is 1. The highest BCUT2D eigenvalue weighted by atomic mass is 35.5. The number of piperidine rings is 1. The zero-order valence-electron chi connectivity index (χ0n) is 11.4. The van der Waals surface area contributed by atoms with Crippen LogP contribution in [0, 0.1) is 0 Å². The number of hydrogen-bond acceptors (Lipinski definition) is 3. The quantitative estimate of drug-likeness (QED) is 0.815. The van der Waals surface area contributed by atoms with Crippen molar-refractivity contribution < 1.29 is 9.59 Å². The highest BCUT2D eigenvalue weighted by Gasteiger charge is 2.25. The first-order chi connectivity index (χ1) is 9.45. The van der Waals surface area contributed by atoms with Gasteiger partial charge in [-0.25, -0.2) is 0 Å². The maximum Gasteiger partial charge on any atom is 0.254 e. The van der Waals surface area contributed by atoms with Gasteiger partial charge in [-0.1, -0.05) is 11.6 Å². The van der Waals surface area contributed by atoms with Gasteiger partial charge in [-0.2, -0.15) is 0 Å². The van der Waals surface area contributed by atoms with Crippen LogP contribution in [0.1, 0.15) is 30.1 Å². The fourth-order valence-electron chi connectivity index (χ4n) is 2.49. The summed E-state index contributed by atoms with van der Waals surface area (Å²) in [6, 6.07) is 4.86. The second kappa shape index (κ2) is 6.13. The first kappa shape index (κ1) is 14.7. The Hall–Kier alpha value is -1.75. The fourth-order valence-corrected chi connectivity index (χ4v) is 2.73. The second-order valence-corrected chi connectivity index (χ2v) is 5.50. The summed E-state index contributed by atoms with van der Waals surface area (Å²) in [7, 11) is 0. The average molecular weight is 296 g/mol. The van der Waals surface area contributed by atoms with E-state index in [1.807, 2.05) is 0 Å². The van der Waals surface area contributed by atoms with E-state index in [9.17, 15) is 9.59 Å². The summed E-state index contributed by atoms with van der Waals surface area (Å²) in [5.41, 5.74) is 6.66. The molecule has 0 spiro atoms. The highest BCUT2D eigenvalue weighted by molar-refractivity contribution is 6.31. The molecule has 0 aliphatic carbocycles. The summed E-state index contributed by atoms with van der Waals surface area (Å²) in [6.45, 7) is 2.69. The predicted molar refractivity (Wildman–Crippen MR) is 78.6 cm³/mol. The minimum absolute atomic E-state index is 0.0155. The molecule has 1 aromatic carbocycles. The van der Waals surface area contributed by atoms with E-state index in [1.165, 1.54) is 6.92 Å². The van der Waals surface area contributed by atoms with E-state index in [4.69, 9.17) is 17.3 Å². The SMILES string of the molecule is CC(=O)NC1CCCN(C(=O)c2cc(N)cc(Cl)c2)C1. The first-order valence-electron chi connectivity index (χ1n) is 6.58. The highest BCUT2D eigenvalue weighted by Crippen LogP contribution is 2.20. The van der Waals surface area contributed by atoms with E-state index >= 15 is 0 Å². The normalized spacial score (nSPS) is 18.7. The maximum absolute atomic E-state index is 12.4. The number of amides is 2. The Balaban J connectivity index is 2.10. The lowest BCUT2D eigenvalue weighted by Crippen LogP contribution is -2.49. The van der Waals surface area contributed by atoms with E-state index < -0.39 is 0 Å². The van der Waals surface area contributed by atoms with Gasteiger partial charge >= 0.3 is 0 Å². The molecule has 1 aliphatic rings. The average Bonchev–Trinajstić information content (AvgIpc) is 2.36. The van der Waals surface area contributed by atoms with Gasteiger partial charge < -0.3 is 16.0 Å². The molecule has 3 N–H and O–H groups in total. The van der Waals surface area contributed by atoms with Crippen molar-refractivity contribution in [3.05, 3.63) is 28.8 Å². The maximum atomic E-state index is 12.4. The molecule has 0 radical (unpaired) electrons. The van der Waals surface area contributed by atoms with Crippen LogP contribution in [-0.4, -0.2) is 35.8 Å². The second-order valence-electron chi connectivity index (χ2n) is 5.06. The van der Waals surface area contributed by atoms with Crippen molar-refractivity contribution >= 4 is 29.1 Å². The van der Waals surface area contributed by atoms with Crippen molar-refractivity contribution in [1.82, 2.24) is 10.2 Å². The molecule has 108 valence electrons. The number of carbonyl (C=O) groups excluding carboxylic acids is 2. The molecule has 6 heteroatoms. The monoisotopic (exact) mass is 295 g/mol. The Kier molecular flexibility index (Phi) is 4.49. The smallest absolute Gasteiger partial charge is 0.254 e. The third kappa shape index (κ3) is 3.63. The third-order valence-electron chi connectivity index (χ3n) is 3.28. The summed E-state index contributed by atoms with van der Waals surface area (Å²) in [5, 5.41) is 3.31. The van der Waals surface area contributed by atoms with Crippen LogP contribution in [-0.2, 0) is 4.79 Å². The van der Waals surface area contributed by atoms with E-state index in [0.717, 1.165) is 12.8 Å². The molecule has 5 nitrogen and oxygen atoms in total. The van der Waals surface area contributed by atoms with Gasteiger partial charge in [0.2, 0.25) is 5.91 Å². The zero-order chi connectivity index (χ0) is 14.7. The Morgan fingerprint density at radius 3 is 2.80 bits per heavy atom.